The van der Waals surface area contributed by atoms with Gasteiger partial charge in [0.25, 0.3) is 0 Å². The lowest BCUT2D eigenvalue weighted by Crippen LogP contribution is -2.28. The van der Waals surface area contributed by atoms with Crippen molar-refractivity contribution >= 4 is 10.0 Å². The van der Waals surface area contributed by atoms with E-state index in [1.165, 1.54) is 30.6 Å². The highest BCUT2D eigenvalue weighted by molar-refractivity contribution is 7.89. The molecule has 102 valence electrons. The zero-order valence-corrected chi connectivity index (χ0v) is 11.7. The first-order valence-electron chi connectivity index (χ1n) is 5.71. The number of hydrogen-bond acceptors (Lipinski definition) is 4. The lowest BCUT2D eigenvalue weighted by atomic mass is 10.2. The third-order valence-corrected chi connectivity index (χ3v) is 4.53. The van der Waals surface area contributed by atoms with Crippen LogP contribution in [0.3, 0.4) is 0 Å². The second-order valence-corrected chi connectivity index (χ2v) is 5.98. The smallest absolute Gasteiger partial charge is 0.246 e. The van der Waals surface area contributed by atoms with E-state index < -0.39 is 10.0 Å². The van der Waals surface area contributed by atoms with E-state index in [-0.39, 0.29) is 17.3 Å². The predicted molar refractivity (Wildman–Crippen MR) is 69.0 cm³/mol. The van der Waals surface area contributed by atoms with Crippen molar-refractivity contribution in [3.8, 4) is 5.75 Å². The van der Waals surface area contributed by atoms with Gasteiger partial charge in [-0.1, -0.05) is 13.0 Å². The van der Waals surface area contributed by atoms with Crippen molar-refractivity contribution in [3.63, 3.8) is 0 Å². The average molecular weight is 273 g/mol. The molecule has 0 aromatic heterocycles. The van der Waals surface area contributed by atoms with Crippen LogP contribution in [-0.4, -0.2) is 38.5 Å². The van der Waals surface area contributed by atoms with Crippen molar-refractivity contribution in [1.82, 2.24) is 4.31 Å². The highest BCUT2D eigenvalue weighted by Gasteiger charge is 2.24. The molecule has 0 radical (unpaired) electrons. The van der Waals surface area contributed by atoms with E-state index >= 15 is 0 Å². The van der Waals surface area contributed by atoms with E-state index in [0.29, 0.717) is 12.1 Å². The average Bonchev–Trinajstić information content (AvgIpc) is 2.38. The number of hydrogen-bond donors (Lipinski definition) is 1. The van der Waals surface area contributed by atoms with Gasteiger partial charge in [-0.05, 0) is 24.1 Å². The van der Waals surface area contributed by atoms with E-state index in [2.05, 4.69) is 0 Å². The van der Waals surface area contributed by atoms with Gasteiger partial charge in [-0.2, -0.15) is 0 Å². The summed E-state index contributed by atoms with van der Waals surface area (Å²) in [6, 6.07) is 4.58. The van der Waals surface area contributed by atoms with Gasteiger partial charge >= 0.3 is 0 Å². The molecule has 0 bridgehead atoms. The van der Waals surface area contributed by atoms with Gasteiger partial charge in [0.2, 0.25) is 10.0 Å². The van der Waals surface area contributed by atoms with E-state index in [9.17, 15) is 8.42 Å². The first kappa shape index (κ1) is 14.9. The lowest BCUT2D eigenvalue weighted by molar-refractivity contribution is 0.280. The second kappa shape index (κ2) is 6.17. The van der Waals surface area contributed by atoms with Crippen molar-refractivity contribution in [2.24, 2.45) is 0 Å². The highest BCUT2D eigenvalue weighted by atomic mass is 32.2. The van der Waals surface area contributed by atoms with Crippen LogP contribution in [-0.2, 0) is 16.6 Å². The van der Waals surface area contributed by atoms with Gasteiger partial charge in [-0.15, -0.1) is 0 Å². The fraction of sp³-hybridized carbons (Fsp3) is 0.500. The molecule has 0 fully saturated rings. The molecule has 1 aromatic carbocycles. The zero-order chi connectivity index (χ0) is 13.8. The minimum Gasteiger partial charge on any atom is -0.495 e. The summed E-state index contributed by atoms with van der Waals surface area (Å²) in [5.74, 6) is 0.254. The Kier molecular flexibility index (Phi) is 5.13. The normalized spacial score (nSPS) is 11.8. The number of aliphatic hydroxyl groups is 1. The van der Waals surface area contributed by atoms with Crippen LogP contribution in [0.2, 0.25) is 0 Å². The van der Waals surface area contributed by atoms with Crippen LogP contribution < -0.4 is 4.74 Å². The second-order valence-electron chi connectivity index (χ2n) is 3.97. The molecule has 1 aromatic rings. The number of sulfonamides is 1. The van der Waals surface area contributed by atoms with Crippen LogP contribution in [0.5, 0.6) is 5.75 Å². The summed E-state index contributed by atoms with van der Waals surface area (Å²) in [6.45, 7) is 2.22. The number of benzene rings is 1. The van der Waals surface area contributed by atoms with Crippen LogP contribution in [0.4, 0.5) is 0 Å². The number of nitrogens with zero attached hydrogens (tertiary/aromatic N) is 1. The molecule has 18 heavy (non-hydrogen) atoms. The summed E-state index contributed by atoms with van der Waals surface area (Å²) >= 11 is 0. The van der Waals surface area contributed by atoms with Gasteiger partial charge in [0.05, 0.1) is 13.7 Å². The molecule has 0 saturated heterocycles. The third-order valence-electron chi connectivity index (χ3n) is 2.64. The molecule has 0 aliphatic rings. The quantitative estimate of drug-likeness (QED) is 0.846. The Morgan fingerprint density at radius 2 is 2.06 bits per heavy atom. The summed E-state index contributed by atoms with van der Waals surface area (Å²) in [5, 5.41) is 9.03. The van der Waals surface area contributed by atoms with Crippen molar-refractivity contribution in [1.29, 1.82) is 0 Å². The summed E-state index contributed by atoms with van der Waals surface area (Å²) in [6.07, 6.45) is 0.743. The SMILES string of the molecule is CCCN(C)S(=O)(=O)c1ccc(CO)cc1OC. The highest BCUT2D eigenvalue weighted by Crippen LogP contribution is 2.27. The van der Waals surface area contributed by atoms with Crippen LogP contribution in [0, 0.1) is 0 Å². The molecule has 0 spiro atoms. The van der Waals surface area contributed by atoms with E-state index in [0.717, 1.165) is 6.42 Å². The predicted octanol–water partition coefficient (Wildman–Crippen LogP) is 1.22. The van der Waals surface area contributed by atoms with Crippen molar-refractivity contribution in [2.45, 2.75) is 24.8 Å². The Labute approximate surface area is 108 Å². The molecule has 0 heterocycles. The van der Waals surface area contributed by atoms with Crippen LogP contribution >= 0.6 is 0 Å². The molecule has 0 aliphatic heterocycles. The summed E-state index contributed by atoms with van der Waals surface area (Å²) in [4.78, 5) is 0.123. The van der Waals surface area contributed by atoms with Crippen molar-refractivity contribution < 1.29 is 18.3 Å². The minimum absolute atomic E-state index is 0.123. The number of methoxy groups -OCH3 is 1. The molecule has 6 heteroatoms. The largest absolute Gasteiger partial charge is 0.495 e. The number of ether oxygens (including phenoxy) is 1. The molecule has 0 amide bonds. The van der Waals surface area contributed by atoms with Crippen LogP contribution in [0.25, 0.3) is 0 Å². The van der Waals surface area contributed by atoms with Gasteiger partial charge in [0.15, 0.2) is 0 Å². The summed E-state index contributed by atoms with van der Waals surface area (Å²) < 4.78 is 31.0. The maximum absolute atomic E-state index is 12.3. The number of aliphatic hydroxyl groups excluding tert-OH is 1. The molecular weight excluding hydrogens is 254 g/mol. The molecule has 0 atom stereocenters. The van der Waals surface area contributed by atoms with Gasteiger partial charge < -0.3 is 9.84 Å². The molecule has 5 nitrogen and oxygen atoms in total. The van der Waals surface area contributed by atoms with E-state index in [1.807, 2.05) is 6.92 Å². The first-order valence-corrected chi connectivity index (χ1v) is 7.15. The molecular formula is C12H19NO4S. The van der Waals surface area contributed by atoms with Gasteiger partial charge in [-0.25, -0.2) is 12.7 Å². The Bertz CT molecular complexity index is 499. The van der Waals surface area contributed by atoms with Gasteiger partial charge in [0, 0.05) is 13.6 Å². The minimum atomic E-state index is -3.54. The number of rotatable bonds is 6. The fourth-order valence-corrected chi connectivity index (χ4v) is 3.02. The summed E-state index contributed by atoms with van der Waals surface area (Å²) in [5.41, 5.74) is 0.615. The Morgan fingerprint density at radius 1 is 1.39 bits per heavy atom. The maximum Gasteiger partial charge on any atom is 0.246 e. The molecule has 0 unspecified atom stereocenters. The molecule has 0 aliphatic carbocycles. The summed E-state index contributed by atoms with van der Waals surface area (Å²) in [7, 11) is -0.590. The first-order chi connectivity index (χ1) is 8.47. The van der Waals surface area contributed by atoms with Crippen LogP contribution in [0.1, 0.15) is 18.9 Å². The zero-order valence-electron chi connectivity index (χ0n) is 10.9. The Hall–Kier alpha value is -1.11. The van der Waals surface area contributed by atoms with Crippen molar-refractivity contribution in [3.05, 3.63) is 23.8 Å². The van der Waals surface area contributed by atoms with E-state index in [1.54, 1.807) is 6.07 Å². The standard InChI is InChI=1S/C12H19NO4S/c1-4-7-13(2)18(15,16)12-6-5-10(9-14)8-11(12)17-3/h5-6,8,14H,4,7,9H2,1-3H3. The third kappa shape index (κ3) is 3.01. The Morgan fingerprint density at radius 3 is 2.56 bits per heavy atom. The fourth-order valence-electron chi connectivity index (χ4n) is 1.63. The van der Waals surface area contributed by atoms with Crippen molar-refractivity contribution in [2.75, 3.05) is 20.7 Å². The topological polar surface area (TPSA) is 66.8 Å². The monoisotopic (exact) mass is 273 g/mol. The molecule has 1 N–H and O–H groups in total. The molecule has 1 rings (SSSR count). The van der Waals surface area contributed by atoms with Gasteiger partial charge in [-0.3, -0.25) is 0 Å². The maximum atomic E-state index is 12.3. The van der Waals surface area contributed by atoms with Gasteiger partial charge in [0.1, 0.15) is 10.6 Å². The Balaban J connectivity index is 3.23. The van der Waals surface area contributed by atoms with Crippen LogP contribution in [0.15, 0.2) is 23.1 Å². The molecule has 0 saturated carbocycles. The lowest BCUT2D eigenvalue weighted by Gasteiger charge is -2.18. The van der Waals surface area contributed by atoms with E-state index in [4.69, 9.17) is 9.84 Å².